The van der Waals surface area contributed by atoms with Crippen molar-refractivity contribution in [3.05, 3.63) is 69.8 Å². The van der Waals surface area contributed by atoms with Crippen molar-refractivity contribution in [2.75, 3.05) is 56.2 Å². The lowest BCUT2D eigenvalue weighted by Crippen LogP contribution is -2.54. The molecule has 0 N–H and O–H groups in total. The fourth-order valence-electron chi connectivity index (χ4n) is 5.58. The number of rotatable bonds is 9. The van der Waals surface area contributed by atoms with Crippen molar-refractivity contribution >= 4 is 17.7 Å². The van der Waals surface area contributed by atoms with Crippen molar-refractivity contribution in [1.82, 2.24) is 24.6 Å². The Balaban J connectivity index is 1.40. The van der Waals surface area contributed by atoms with E-state index in [1.165, 1.54) is 12.0 Å². The largest absolute Gasteiger partial charge is 0.497 e. The van der Waals surface area contributed by atoms with Gasteiger partial charge in [-0.1, -0.05) is 26.0 Å². The molecular weight excluding hydrogens is 648 g/mol. The fourth-order valence-corrected chi connectivity index (χ4v) is 5.58. The van der Waals surface area contributed by atoms with Crippen LogP contribution in [0, 0.1) is 5.92 Å². The van der Waals surface area contributed by atoms with Crippen LogP contribution in [-0.4, -0.2) is 89.1 Å². The molecule has 11 nitrogen and oxygen atoms in total. The lowest BCUT2D eigenvalue weighted by molar-refractivity contribution is -0.139. The second kappa shape index (κ2) is 14.0. The minimum Gasteiger partial charge on any atom is -0.497 e. The third-order valence-corrected chi connectivity index (χ3v) is 8.11. The number of ether oxygens (including phenoxy) is 2. The second-order valence-electron chi connectivity index (χ2n) is 12.1. The molecule has 4 heterocycles. The average molecular weight is 684 g/mol. The molecule has 0 unspecified atom stereocenters. The number of nitrogens with zero attached hydrogens (tertiary/aromatic N) is 7. The molecule has 5 rings (SSSR count). The van der Waals surface area contributed by atoms with Gasteiger partial charge < -0.3 is 24.2 Å². The number of aromatic nitrogens is 4. The lowest BCUT2D eigenvalue weighted by atomic mass is 10.1. The van der Waals surface area contributed by atoms with Crippen molar-refractivity contribution < 1.29 is 40.6 Å². The van der Waals surface area contributed by atoms with Crippen molar-refractivity contribution in [3.8, 4) is 5.75 Å². The lowest BCUT2D eigenvalue weighted by Gasteiger charge is -2.37. The topological polar surface area (TPSA) is 106 Å². The van der Waals surface area contributed by atoms with Crippen molar-refractivity contribution in [3.63, 3.8) is 0 Å². The monoisotopic (exact) mass is 683 g/mol. The molecule has 0 spiro atoms. The van der Waals surface area contributed by atoms with Gasteiger partial charge in [-0.25, -0.2) is 14.6 Å². The standard InChI is InChI=1S/C31H35F6N7O4/c1-19(2)18-48-23-12-25(28(46)41-8-10-42(11-9-41)29-38-14-21(15-39-29)30(32,33)34)43(17-23)26-13-24(31(35,36)37)27(45)44(40-26)16-20-4-6-22(47-3)7-5-20/h4-7,13-15,19,23,25H,8-12,16-18H2,1-3H3/t23-,25-/m0/s1. The third kappa shape index (κ3) is 7.99. The Hall–Kier alpha value is -4.41. The van der Waals surface area contributed by atoms with E-state index in [0.29, 0.717) is 36.4 Å². The number of methoxy groups -OCH3 is 1. The first-order valence-electron chi connectivity index (χ1n) is 15.3. The van der Waals surface area contributed by atoms with E-state index in [-0.39, 0.29) is 69.3 Å². The van der Waals surface area contributed by atoms with Crippen molar-refractivity contribution in [2.24, 2.45) is 5.92 Å². The zero-order valence-electron chi connectivity index (χ0n) is 26.5. The normalized spacial score (nSPS) is 18.9. The molecule has 2 aromatic heterocycles. The smallest absolute Gasteiger partial charge is 0.421 e. The molecule has 2 aliphatic rings. The number of hydrogen-bond acceptors (Lipinski definition) is 9. The van der Waals surface area contributed by atoms with Gasteiger partial charge in [0.05, 0.1) is 25.3 Å². The van der Waals surface area contributed by atoms with Crippen LogP contribution in [0.3, 0.4) is 0 Å². The summed E-state index contributed by atoms with van der Waals surface area (Å²) in [4.78, 5) is 39.3. The highest BCUT2D eigenvalue weighted by Crippen LogP contribution is 2.33. The van der Waals surface area contributed by atoms with E-state index >= 15 is 0 Å². The van der Waals surface area contributed by atoms with Gasteiger partial charge in [-0.3, -0.25) is 9.59 Å². The summed E-state index contributed by atoms with van der Waals surface area (Å²) in [5.74, 6) is 0.211. The Labute approximate surface area is 272 Å². The number of amides is 1. The van der Waals surface area contributed by atoms with E-state index in [0.717, 1.165) is 4.68 Å². The molecule has 0 aliphatic carbocycles. The van der Waals surface area contributed by atoms with Crippen LogP contribution in [0.1, 0.15) is 37.0 Å². The van der Waals surface area contributed by atoms with Gasteiger partial charge in [-0.2, -0.15) is 31.4 Å². The highest BCUT2D eigenvalue weighted by Gasteiger charge is 2.43. The Bertz CT molecular complexity index is 1620. The van der Waals surface area contributed by atoms with Crippen molar-refractivity contribution in [2.45, 2.75) is 51.3 Å². The molecule has 0 radical (unpaired) electrons. The summed E-state index contributed by atoms with van der Waals surface area (Å²) >= 11 is 0. The van der Waals surface area contributed by atoms with Crippen LogP contribution in [0.5, 0.6) is 5.75 Å². The zero-order chi connectivity index (χ0) is 34.8. The molecule has 1 aromatic carbocycles. The minimum atomic E-state index is -4.99. The van der Waals surface area contributed by atoms with Crippen LogP contribution in [-0.2, 0) is 28.4 Å². The van der Waals surface area contributed by atoms with Gasteiger partial charge in [0.15, 0.2) is 5.82 Å². The number of hydrogen-bond donors (Lipinski definition) is 0. The summed E-state index contributed by atoms with van der Waals surface area (Å²) in [6.45, 7) is 4.85. The molecule has 0 bridgehead atoms. The van der Waals surface area contributed by atoms with E-state index in [1.807, 2.05) is 13.8 Å². The molecular formula is C31H35F6N7O4. The first kappa shape index (κ1) is 34.9. The maximum atomic E-state index is 14.2. The molecule has 48 heavy (non-hydrogen) atoms. The maximum absolute atomic E-state index is 14.2. The minimum absolute atomic E-state index is 0.0630. The predicted molar refractivity (Wildman–Crippen MR) is 162 cm³/mol. The van der Waals surface area contributed by atoms with Crippen LogP contribution in [0.25, 0.3) is 0 Å². The first-order chi connectivity index (χ1) is 22.6. The SMILES string of the molecule is COc1ccc(Cn2nc(N3C[C@@H](OCC(C)C)C[C@H]3C(=O)N3CCN(c4ncc(C(F)(F)F)cn4)CC3)cc(C(F)(F)F)c2=O)cc1. The maximum Gasteiger partial charge on any atom is 0.421 e. The Kier molecular flexibility index (Phi) is 10.2. The quantitative estimate of drug-likeness (QED) is 0.309. The molecule has 17 heteroatoms. The molecule has 260 valence electrons. The number of alkyl halides is 6. The summed E-state index contributed by atoms with van der Waals surface area (Å²) in [7, 11) is 1.47. The predicted octanol–water partition coefficient (Wildman–Crippen LogP) is 4.10. The van der Waals surface area contributed by atoms with Crippen LogP contribution < -0.4 is 20.1 Å². The van der Waals surface area contributed by atoms with E-state index in [1.54, 1.807) is 34.1 Å². The number of carbonyl (C=O) groups is 1. The molecule has 2 atom stereocenters. The highest BCUT2D eigenvalue weighted by atomic mass is 19.4. The van der Waals surface area contributed by atoms with E-state index in [2.05, 4.69) is 15.1 Å². The summed E-state index contributed by atoms with van der Waals surface area (Å²) in [6, 6.07) is 6.18. The Morgan fingerprint density at radius 3 is 2.19 bits per heavy atom. The zero-order valence-corrected chi connectivity index (χ0v) is 26.5. The summed E-state index contributed by atoms with van der Waals surface area (Å²) in [5, 5.41) is 4.32. The molecule has 2 fully saturated rings. The van der Waals surface area contributed by atoms with Gasteiger partial charge in [0.2, 0.25) is 11.9 Å². The van der Waals surface area contributed by atoms with E-state index in [4.69, 9.17) is 9.47 Å². The molecule has 1 amide bonds. The molecule has 2 saturated heterocycles. The van der Waals surface area contributed by atoms with Gasteiger partial charge in [0.1, 0.15) is 17.4 Å². The van der Waals surface area contributed by atoms with Crippen LogP contribution in [0.4, 0.5) is 38.1 Å². The van der Waals surface area contributed by atoms with Gasteiger partial charge in [0, 0.05) is 64.2 Å². The number of benzene rings is 1. The van der Waals surface area contributed by atoms with Crippen LogP contribution in [0.15, 0.2) is 47.5 Å². The van der Waals surface area contributed by atoms with Crippen molar-refractivity contribution in [1.29, 1.82) is 0 Å². The van der Waals surface area contributed by atoms with Crippen LogP contribution >= 0.6 is 0 Å². The molecule has 2 aliphatic heterocycles. The number of anilines is 2. The van der Waals surface area contributed by atoms with E-state index in [9.17, 15) is 35.9 Å². The second-order valence-corrected chi connectivity index (χ2v) is 12.1. The van der Waals surface area contributed by atoms with Gasteiger partial charge in [-0.15, -0.1) is 0 Å². The fraction of sp³-hybridized carbons (Fsp3) is 0.516. The van der Waals surface area contributed by atoms with Crippen LogP contribution in [0.2, 0.25) is 0 Å². The summed E-state index contributed by atoms with van der Waals surface area (Å²) in [6.07, 6.45) is -8.49. The summed E-state index contributed by atoms with van der Waals surface area (Å²) < 4.78 is 93.2. The van der Waals surface area contributed by atoms with Gasteiger partial charge >= 0.3 is 12.4 Å². The first-order valence-corrected chi connectivity index (χ1v) is 15.3. The Morgan fingerprint density at radius 2 is 1.62 bits per heavy atom. The Morgan fingerprint density at radius 1 is 0.979 bits per heavy atom. The summed E-state index contributed by atoms with van der Waals surface area (Å²) in [5.41, 5.74) is -3.20. The number of carbonyl (C=O) groups excluding carboxylic acids is 1. The third-order valence-electron chi connectivity index (χ3n) is 8.11. The van der Waals surface area contributed by atoms with E-state index < -0.39 is 41.2 Å². The number of piperazine rings is 1. The van der Waals surface area contributed by atoms with Gasteiger partial charge in [-0.05, 0) is 23.6 Å². The molecule has 3 aromatic rings. The molecule has 0 saturated carbocycles. The van der Waals surface area contributed by atoms with Gasteiger partial charge in [0.25, 0.3) is 5.56 Å². The number of halogens is 6. The average Bonchev–Trinajstić information content (AvgIpc) is 3.48. The highest BCUT2D eigenvalue weighted by molar-refractivity contribution is 5.86.